The van der Waals surface area contributed by atoms with E-state index in [1.54, 1.807) is 0 Å². The lowest BCUT2D eigenvalue weighted by Crippen LogP contribution is -2.48. The van der Waals surface area contributed by atoms with Crippen LogP contribution in [-0.4, -0.2) is 47.5 Å². The molecule has 0 radical (unpaired) electrons. The number of piperazine rings is 1. The minimum atomic E-state index is 0.600. The maximum Gasteiger partial charge on any atom is 0.0870 e. The van der Waals surface area contributed by atoms with Gasteiger partial charge in [0.2, 0.25) is 0 Å². The molecular formula is C15H23N3S. The first-order valence-corrected chi connectivity index (χ1v) is 7.24. The molecule has 0 aromatic heterocycles. The highest BCUT2D eigenvalue weighted by molar-refractivity contribution is 7.80. The Hall–Kier alpha value is -0.970. The molecule has 1 aliphatic heterocycles. The number of thiocarbonyl (C=S) groups is 1. The van der Waals surface area contributed by atoms with Gasteiger partial charge < -0.3 is 5.73 Å². The minimum Gasteiger partial charge on any atom is -0.392 e. The molecule has 0 aliphatic carbocycles. The second kappa shape index (κ2) is 6.46. The third kappa shape index (κ3) is 4.27. The average molecular weight is 277 g/mol. The summed E-state index contributed by atoms with van der Waals surface area (Å²) in [7, 11) is 0. The highest BCUT2D eigenvalue weighted by atomic mass is 32.1. The lowest BCUT2D eigenvalue weighted by atomic mass is 10.1. The lowest BCUT2D eigenvalue weighted by Gasteiger charge is -2.34. The van der Waals surface area contributed by atoms with E-state index in [0.29, 0.717) is 4.99 Å². The molecule has 2 rings (SSSR count). The Balaban J connectivity index is 1.85. The Labute approximate surface area is 121 Å². The van der Waals surface area contributed by atoms with E-state index in [-0.39, 0.29) is 0 Å². The Morgan fingerprint density at radius 1 is 1.11 bits per heavy atom. The molecule has 1 aliphatic rings. The lowest BCUT2D eigenvalue weighted by molar-refractivity contribution is 0.140. The molecule has 0 amide bonds. The predicted molar refractivity (Wildman–Crippen MR) is 84.4 cm³/mol. The number of nitrogens with two attached hydrogens (primary N) is 1. The van der Waals surface area contributed by atoms with Crippen molar-refractivity contribution < 1.29 is 0 Å². The Morgan fingerprint density at radius 3 is 2.32 bits per heavy atom. The molecule has 2 N–H and O–H groups in total. The van der Waals surface area contributed by atoms with E-state index in [4.69, 9.17) is 18.0 Å². The van der Waals surface area contributed by atoms with Crippen LogP contribution in [0.1, 0.15) is 16.7 Å². The summed E-state index contributed by atoms with van der Waals surface area (Å²) in [6, 6.07) is 6.76. The van der Waals surface area contributed by atoms with E-state index in [1.165, 1.54) is 16.7 Å². The monoisotopic (exact) mass is 277 g/mol. The SMILES string of the molecule is Cc1ccc(CN2CCN(CC(N)=S)CC2)cc1C. The first-order chi connectivity index (χ1) is 9.04. The van der Waals surface area contributed by atoms with E-state index in [9.17, 15) is 0 Å². The maximum absolute atomic E-state index is 5.59. The van der Waals surface area contributed by atoms with Crippen LogP contribution in [0.2, 0.25) is 0 Å². The molecule has 1 saturated heterocycles. The van der Waals surface area contributed by atoms with E-state index < -0.39 is 0 Å². The number of hydrogen-bond donors (Lipinski definition) is 1. The average Bonchev–Trinajstić information content (AvgIpc) is 2.36. The van der Waals surface area contributed by atoms with Crippen LogP contribution in [0.25, 0.3) is 0 Å². The summed E-state index contributed by atoms with van der Waals surface area (Å²) in [5.41, 5.74) is 9.74. The summed E-state index contributed by atoms with van der Waals surface area (Å²) in [6.07, 6.45) is 0. The first-order valence-electron chi connectivity index (χ1n) is 6.84. The van der Waals surface area contributed by atoms with Gasteiger partial charge in [-0.05, 0) is 30.5 Å². The van der Waals surface area contributed by atoms with Crippen molar-refractivity contribution in [2.24, 2.45) is 5.73 Å². The molecule has 0 bridgehead atoms. The van der Waals surface area contributed by atoms with Crippen LogP contribution in [0.15, 0.2) is 18.2 Å². The van der Waals surface area contributed by atoms with Crippen LogP contribution in [0.5, 0.6) is 0 Å². The summed E-state index contributed by atoms with van der Waals surface area (Å²) < 4.78 is 0. The van der Waals surface area contributed by atoms with Crippen molar-refractivity contribution in [1.29, 1.82) is 0 Å². The zero-order chi connectivity index (χ0) is 13.8. The molecule has 3 nitrogen and oxygen atoms in total. The van der Waals surface area contributed by atoms with Crippen molar-refractivity contribution in [3.8, 4) is 0 Å². The van der Waals surface area contributed by atoms with Gasteiger partial charge in [-0.25, -0.2) is 0 Å². The van der Waals surface area contributed by atoms with E-state index in [2.05, 4.69) is 41.8 Å². The number of rotatable bonds is 4. The van der Waals surface area contributed by atoms with Crippen LogP contribution < -0.4 is 5.73 Å². The van der Waals surface area contributed by atoms with Crippen molar-refractivity contribution in [2.75, 3.05) is 32.7 Å². The molecule has 0 saturated carbocycles. The number of aryl methyl sites for hydroxylation is 2. The second-order valence-corrected chi connectivity index (χ2v) is 5.96. The zero-order valence-corrected chi connectivity index (χ0v) is 12.7. The Kier molecular flexibility index (Phi) is 4.91. The van der Waals surface area contributed by atoms with Gasteiger partial charge in [-0.3, -0.25) is 9.80 Å². The van der Waals surface area contributed by atoms with E-state index >= 15 is 0 Å². The van der Waals surface area contributed by atoms with Gasteiger partial charge in [0.15, 0.2) is 0 Å². The highest BCUT2D eigenvalue weighted by Gasteiger charge is 2.17. The van der Waals surface area contributed by atoms with Gasteiger partial charge in [0.05, 0.1) is 4.99 Å². The van der Waals surface area contributed by atoms with E-state index in [0.717, 1.165) is 39.3 Å². The summed E-state index contributed by atoms with van der Waals surface area (Å²) in [4.78, 5) is 5.43. The highest BCUT2D eigenvalue weighted by Crippen LogP contribution is 2.13. The largest absolute Gasteiger partial charge is 0.392 e. The molecular weight excluding hydrogens is 254 g/mol. The molecule has 0 spiro atoms. The minimum absolute atomic E-state index is 0.600. The van der Waals surface area contributed by atoms with E-state index in [1.807, 2.05) is 0 Å². The van der Waals surface area contributed by atoms with Crippen LogP contribution in [0.4, 0.5) is 0 Å². The molecule has 4 heteroatoms. The van der Waals surface area contributed by atoms with Gasteiger partial charge in [0.25, 0.3) is 0 Å². The molecule has 1 heterocycles. The fraction of sp³-hybridized carbons (Fsp3) is 0.533. The van der Waals surface area contributed by atoms with Crippen LogP contribution in [0, 0.1) is 13.8 Å². The van der Waals surface area contributed by atoms with Crippen LogP contribution >= 0.6 is 12.2 Å². The number of benzene rings is 1. The number of nitrogens with zero attached hydrogens (tertiary/aromatic N) is 2. The van der Waals surface area contributed by atoms with Crippen molar-refractivity contribution >= 4 is 17.2 Å². The third-order valence-electron chi connectivity index (χ3n) is 3.82. The van der Waals surface area contributed by atoms with Gasteiger partial charge in [-0.15, -0.1) is 0 Å². The van der Waals surface area contributed by atoms with Gasteiger partial charge in [-0.1, -0.05) is 30.4 Å². The Morgan fingerprint density at radius 2 is 1.74 bits per heavy atom. The normalized spacial score (nSPS) is 17.6. The van der Waals surface area contributed by atoms with Crippen molar-refractivity contribution in [2.45, 2.75) is 20.4 Å². The van der Waals surface area contributed by atoms with Crippen molar-refractivity contribution in [1.82, 2.24) is 9.80 Å². The summed E-state index contributed by atoms with van der Waals surface area (Å²) in [6.45, 7) is 10.4. The van der Waals surface area contributed by atoms with Crippen molar-refractivity contribution in [3.63, 3.8) is 0 Å². The van der Waals surface area contributed by atoms with Gasteiger partial charge in [0, 0.05) is 39.3 Å². The van der Waals surface area contributed by atoms with Crippen molar-refractivity contribution in [3.05, 3.63) is 34.9 Å². The summed E-state index contributed by atoms with van der Waals surface area (Å²) in [5, 5.41) is 0. The summed E-state index contributed by atoms with van der Waals surface area (Å²) in [5.74, 6) is 0. The molecule has 104 valence electrons. The molecule has 1 aromatic carbocycles. The molecule has 0 atom stereocenters. The van der Waals surface area contributed by atoms with Gasteiger partial charge in [-0.2, -0.15) is 0 Å². The third-order valence-corrected chi connectivity index (χ3v) is 3.95. The smallest absolute Gasteiger partial charge is 0.0870 e. The molecule has 1 fully saturated rings. The molecule has 19 heavy (non-hydrogen) atoms. The maximum atomic E-state index is 5.59. The molecule has 0 unspecified atom stereocenters. The topological polar surface area (TPSA) is 32.5 Å². The fourth-order valence-electron chi connectivity index (χ4n) is 2.49. The number of hydrogen-bond acceptors (Lipinski definition) is 3. The Bertz CT molecular complexity index is 451. The molecule has 1 aromatic rings. The van der Waals surface area contributed by atoms with Crippen LogP contribution in [0.3, 0.4) is 0 Å². The first kappa shape index (κ1) is 14.4. The summed E-state index contributed by atoms with van der Waals surface area (Å²) >= 11 is 4.96. The zero-order valence-electron chi connectivity index (χ0n) is 11.9. The van der Waals surface area contributed by atoms with Gasteiger partial charge in [0.1, 0.15) is 0 Å². The fourth-order valence-corrected chi connectivity index (χ4v) is 2.67. The quantitative estimate of drug-likeness (QED) is 0.849. The van der Waals surface area contributed by atoms with Crippen LogP contribution in [-0.2, 0) is 6.54 Å². The standard InChI is InChI=1S/C15H23N3S/c1-12-3-4-14(9-13(12)2)10-17-5-7-18(8-6-17)11-15(16)19/h3-4,9H,5-8,10-11H2,1-2H3,(H2,16,19). The van der Waals surface area contributed by atoms with Gasteiger partial charge >= 0.3 is 0 Å². The predicted octanol–water partition coefficient (Wildman–Crippen LogP) is 1.71. The second-order valence-electron chi connectivity index (χ2n) is 5.44.